The lowest BCUT2D eigenvalue weighted by Gasteiger charge is -2.07. The maximum Gasteiger partial charge on any atom is 0.224 e. The summed E-state index contributed by atoms with van der Waals surface area (Å²) in [5.74, 6) is 0.559. The molecule has 0 unspecified atom stereocenters. The molecule has 2 rings (SSSR count). The second kappa shape index (κ2) is 6.37. The standard InChI is InChI=1S/C16H21N3O/c1-12(2)14-7-4-13(5-8-14)6-9-16(20)18-15-10-17-19(3)11-15/h4-5,7-8,10-12H,6,9H2,1-3H3,(H,18,20). The molecular weight excluding hydrogens is 250 g/mol. The number of carbonyl (C=O) groups excluding carboxylic acids is 1. The summed E-state index contributed by atoms with van der Waals surface area (Å²) in [6.45, 7) is 4.35. The summed E-state index contributed by atoms with van der Waals surface area (Å²) >= 11 is 0. The molecule has 0 spiro atoms. The predicted octanol–water partition coefficient (Wildman–Crippen LogP) is 3.11. The molecule has 1 aromatic carbocycles. The normalized spacial score (nSPS) is 10.8. The van der Waals surface area contributed by atoms with E-state index in [4.69, 9.17) is 0 Å². The number of rotatable bonds is 5. The zero-order valence-corrected chi connectivity index (χ0v) is 12.3. The molecule has 0 aliphatic heterocycles. The first-order chi connectivity index (χ1) is 9.54. The molecule has 1 N–H and O–H groups in total. The number of aromatic nitrogens is 2. The van der Waals surface area contributed by atoms with Crippen molar-refractivity contribution in [3.63, 3.8) is 0 Å². The quantitative estimate of drug-likeness (QED) is 0.908. The van der Waals surface area contributed by atoms with Crippen LogP contribution in [0.2, 0.25) is 0 Å². The van der Waals surface area contributed by atoms with E-state index in [1.165, 1.54) is 11.1 Å². The Kier molecular flexibility index (Phi) is 4.56. The minimum atomic E-state index is 0.0194. The van der Waals surface area contributed by atoms with Crippen LogP contribution in [0, 0.1) is 0 Å². The molecule has 1 amide bonds. The van der Waals surface area contributed by atoms with Gasteiger partial charge in [-0.2, -0.15) is 5.10 Å². The first-order valence-electron chi connectivity index (χ1n) is 6.92. The summed E-state index contributed by atoms with van der Waals surface area (Å²) in [5.41, 5.74) is 3.26. The van der Waals surface area contributed by atoms with Gasteiger partial charge in [-0.05, 0) is 23.5 Å². The van der Waals surface area contributed by atoms with Gasteiger partial charge in [0.15, 0.2) is 0 Å². The van der Waals surface area contributed by atoms with Gasteiger partial charge in [0, 0.05) is 19.7 Å². The number of carbonyl (C=O) groups is 1. The van der Waals surface area contributed by atoms with E-state index in [0.717, 1.165) is 12.1 Å². The number of nitrogens with one attached hydrogen (secondary N) is 1. The number of hydrogen-bond acceptors (Lipinski definition) is 2. The molecule has 106 valence electrons. The molecule has 0 saturated carbocycles. The summed E-state index contributed by atoms with van der Waals surface area (Å²) in [7, 11) is 1.83. The Bertz CT molecular complexity index is 570. The molecule has 0 radical (unpaired) electrons. The summed E-state index contributed by atoms with van der Waals surface area (Å²) in [6, 6.07) is 8.48. The molecule has 1 heterocycles. The van der Waals surface area contributed by atoms with Gasteiger partial charge >= 0.3 is 0 Å². The Morgan fingerprint density at radius 2 is 2.00 bits per heavy atom. The molecular formula is C16H21N3O. The van der Waals surface area contributed by atoms with E-state index in [2.05, 4.69) is 48.5 Å². The minimum Gasteiger partial charge on any atom is -0.323 e. The highest BCUT2D eigenvalue weighted by atomic mass is 16.1. The maximum atomic E-state index is 11.8. The molecule has 2 aromatic rings. The van der Waals surface area contributed by atoms with Crippen molar-refractivity contribution in [1.29, 1.82) is 0 Å². The van der Waals surface area contributed by atoms with Gasteiger partial charge in [0.2, 0.25) is 5.91 Å². The van der Waals surface area contributed by atoms with Gasteiger partial charge in [-0.15, -0.1) is 0 Å². The van der Waals surface area contributed by atoms with Crippen molar-refractivity contribution in [2.75, 3.05) is 5.32 Å². The highest BCUT2D eigenvalue weighted by Crippen LogP contribution is 2.15. The van der Waals surface area contributed by atoms with Crippen LogP contribution in [-0.2, 0) is 18.3 Å². The summed E-state index contributed by atoms with van der Waals surface area (Å²) in [4.78, 5) is 11.8. The van der Waals surface area contributed by atoms with Crippen LogP contribution in [0.1, 0.15) is 37.3 Å². The number of nitrogens with zero attached hydrogens (tertiary/aromatic N) is 2. The molecule has 20 heavy (non-hydrogen) atoms. The fourth-order valence-electron chi connectivity index (χ4n) is 2.04. The third kappa shape index (κ3) is 3.95. The van der Waals surface area contributed by atoms with E-state index in [1.807, 2.05) is 7.05 Å². The van der Waals surface area contributed by atoms with Crippen molar-refractivity contribution in [3.8, 4) is 0 Å². The van der Waals surface area contributed by atoms with E-state index in [0.29, 0.717) is 12.3 Å². The van der Waals surface area contributed by atoms with Gasteiger partial charge in [-0.1, -0.05) is 38.1 Å². The Balaban J connectivity index is 1.83. The number of hydrogen-bond donors (Lipinski definition) is 1. The molecule has 0 fully saturated rings. The van der Waals surface area contributed by atoms with Crippen molar-refractivity contribution in [2.24, 2.45) is 7.05 Å². The highest BCUT2D eigenvalue weighted by Gasteiger charge is 2.05. The van der Waals surface area contributed by atoms with Gasteiger partial charge in [-0.25, -0.2) is 0 Å². The predicted molar refractivity (Wildman–Crippen MR) is 80.7 cm³/mol. The Morgan fingerprint density at radius 1 is 1.30 bits per heavy atom. The van der Waals surface area contributed by atoms with Gasteiger partial charge in [0.05, 0.1) is 11.9 Å². The van der Waals surface area contributed by atoms with Crippen LogP contribution in [0.4, 0.5) is 5.69 Å². The third-order valence-electron chi connectivity index (χ3n) is 3.28. The van der Waals surface area contributed by atoms with Crippen molar-refractivity contribution in [1.82, 2.24) is 9.78 Å². The molecule has 0 aliphatic rings. The largest absolute Gasteiger partial charge is 0.323 e. The molecule has 4 nitrogen and oxygen atoms in total. The van der Waals surface area contributed by atoms with E-state index in [-0.39, 0.29) is 5.91 Å². The van der Waals surface area contributed by atoms with Crippen LogP contribution in [0.3, 0.4) is 0 Å². The number of aryl methyl sites for hydroxylation is 2. The average molecular weight is 271 g/mol. The Morgan fingerprint density at radius 3 is 2.55 bits per heavy atom. The van der Waals surface area contributed by atoms with E-state index in [1.54, 1.807) is 17.1 Å². The van der Waals surface area contributed by atoms with E-state index < -0.39 is 0 Å². The van der Waals surface area contributed by atoms with Crippen LogP contribution in [0.5, 0.6) is 0 Å². The lowest BCUT2D eigenvalue weighted by Crippen LogP contribution is -2.11. The van der Waals surface area contributed by atoms with Gasteiger partial charge < -0.3 is 5.32 Å². The molecule has 4 heteroatoms. The second-order valence-electron chi connectivity index (χ2n) is 5.35. The van der Waals surface area contributed by atoms with Crippen molar-refractivity contribution in [2.45, 2.75) is 32.6 Å². The summed E-state index contributed by atoms with van der Waals surface area (Å²) < 4.78 is 1.67. The van der Waals surface area contributed by atoms with Gasteiger partial charge in [-0.3, -0.25) is 9.48 Å². The van der Waals surface area contributed by atoms with Crippen molar-refractivity contribution >= 4 is 11.6 Å². The van der Waals surface area contributed by atoms with Crippen LogP contribution in [0.15, 0.2) is 36.7 Å². The van der Waals surface area contributed by atoms with Crippen LogP contribution in [0.25, 0.3) is 0 Å². The lowest BCUT2D eigenvalue weighted by molar-refractivity contribution is -0.116. The van der Waals surface area contributed by atoms with Gasteiger partial charge in [0.25, 0.3) is 0 Å². The molecule has 1 aromatic heterocycles. The summed E-state index contributed by atoms with van der Waals surface area (Å²) in [6.07, 6.45) is 4.67. The topological polar surface area (TPSA) is 46.9 Å². The second-order valence-corrected chi connectivity index (χ2v) is 5.35. The molecule has 0 saturated heterocycles. The smallest absolute Gasteiger partial charge is 0.224 e. The average Bonchev–Trinajstić information content (AvgIpc) is 2.82. The lowest BCUT2D eigenvalue weighted by atomic mass is 10.0. The SMILES string of the molecule is CC(C)c1ccc(CCC(=O)Nc2cnn(C)c2)cc1. The summed E-state index contributed by atoms with van der Waals surface area (Å²) in [5, 5.41) is 6.86. The first kappa shape index (κ1) is 14.3. The Labute approximate surface area is 119 Å². The maximum absolute atomic E-state index is 11.8. The van der Waals surface area contributed by atoms with Crippen LogP contribution >= 0.6 is 0 Å². The monoisotopic (exact) mass is 271 g/mol. The Hall–Kier alpha value is -2.10. The van der Waals surface area contributed by atoms with Gasteiger partial charge in [0.1, 0.15) is 0 Å². The molecule has 0 bridgehead atoms. The first-order valence-corrected chi connectivity index (χ1v) is 6.92. The zero-order valence-electron chi connectivity index (χ0n) is 12.3. The number of benzene rings is 1. The fourth-order valence-corrected chi connectivity index (χ4v) is 2.04. The molecule has 0 atom stereocenters. The zero-order chi connectivity index (χ0) is 14.5. The highest BCUT2D eigenvalue weighted by molar-refractivity contribution is 5.90. The number of anilines is 1. The minimum absolute atomic E-state index is 0.0194. The number of amides is 1. The molecule has 0 aliphatic carbocycles. The van der Waals surface area contributed by atoms with E-state index >= 15 is 0 Å². The van der Waals surface area contributed by atoms with Crippen LogP contribution < -0.4 is 5.32 Å². The van der Waals surface area contributed by atoms with Crippen LogP contribution in [-0.4, -0.2) is 15.7 Å². The van der Waals surface area contributed by atoms with Crippen molar-refractivity contribution in [3.05, 3.63) is 47.8 Å². The fraction of sp³-hybridized carbons (Fsp3) is 0.375. The van der Waals surface area contributed by atoms with Crippen molar-refractivity contribution < 1.29 is 4.79 Å². The van der Waals surface area contributed by atoms with E-state index in [9.17, 15) is 4.79 Å². The third-order valence-corrected chi connectivity index (χ3v) is 3.28.